The summed E-state index contributed by atoms with van der Waals surface area (Å²) < 4.78 is 13.6. The van der Waals surface area contributed by atoms with E-state index in [2.05, 4.69) is 21.2 Å². The molecular formula is C12H14BrFN2O. The van der Waals surface area contributed by atoms with Gasteiger partial charge >= 0.3 is 0 Å². The number of rotatable bonds is 2. The molecule has 92 valence electrons. The average molecular weight is 301 g/mol. The molecule has 1 aromatic rings. The fourth-order valence-electron chi connectivity index (χ4n) is 1.99. The minimum atomic E-state index is -0.409. The van der Waals surface area contributed by atoms with Crippen molar-refractivity contribution >= 4 is 21.8 Å². The lowest BCUT2D eigenvalue weighted by Gasteiger charge is -2.24. The minimum absolute atomic E-state index is 0.148. The molecule has 1 unspecified atom stereocenters. The van der Waals surface area contributed by atoms with Crippen LogP contribution in [0.2, 0.25) is 0 Å². The van der Waals surface area contributed by atoms with Crippen LogP contribution in [0.4, 0.5) is 4.39 Å². The molecule has 0 saturated carbocycles. The van der Waals surface area contributed by atoms with Crippen molar-refractivity contribution in [3.05, 3.63) is 34.1 Å². The van der Waals surface area contributed by atoms with Crippen LogP contribution in [0.25, 0.3) is 0 Å². The molecule has 1 N–H and O–H groups in total. The molecule has 0 spiro atoms. The van der Waals surface area contributed by atoms with Gasteiger partial charge in [0.15, 0.2) is 0 Å². The van der Waals surface area contributed by atoms with E-state index in [4.69, 9.17) is 0 Å². The zero-order valence-corrected chi connectivity index (χ0v) is 11.1. The van der Waals surface area contributed by atoms with Crippen molar-refractivity contribution < 1.29 is 9.18 Å². The Morgan fingerprint density at radius 1 is 1.59 bits per heavy atom. The summed E-state index contributed by atoms with van der Waals surface area (Å²) in [4.78, 5) is 13.9. The third-order valence-corrected chi connectivity index (χ3v) is 3.89. The maximum absolute atomic E-state index is 13.4. The van der Waals surface area contributed by atoms with Crippen LogP contribution in [0.5, 0.6) is 0 Å². The molecule has 1 aliphatic rings. The lowest BCUT2D eigenvalue weighted by atomic mass is 10.1. The topological polar surface area (TPSA) is 32.3 Å². The highest BCUT2D eigenvalue weighted by atomic mass is 79.9. The number of carbonyl (C=O) groups excluding carboxylic acids is 1. The van der Waals surface area contributed by atoms with Crippen molar-refractivity contribution in [3.8, 4) is 0 Å². The van der Waals surface area contributed by atoms with Crippen LogP contribution in [0.3, 0.4) is 0 Å². The van der Waals surface area contributed by atoms with Crippen LogP contribution in [0.1, 0.15) is 16.8 Å². The Morgan fingerprint density at radius 2 is 2.35 bits per heavy atom. The maximum atomic E-state index is 13.4. The van der Waals surface area contributed by atoms with E-state index in [9.17, 15) is 9.18 Å². The Morgan fingerprint density at radius 3 is 3.00 bits per heavy atom. The smallest absolute Gasteiger partial charge is 0.255 e. The van der Waals surface area contributed by atoms with Crippen molar-refractivity contribution in [2.24, 2.45) is 0 Å². The predicted molar refractivity (Wildman–Crippen MR) is 67.5 cm³/mol. The summed E-state index contributed by atoms with van der Waals surface area (Å²) in [6, 6.07) is 4.71. The molecule has 1 atom stereocenters. The molecule has 2 rings (SSSR count). The van der Waals surface area contributed by atoms with Gasteiger partial charge < -0.3 is 10.2 Å². The van der Waals surface area contributed by atoms with Crippen molar-refractivity contribution in [2.45, 2.75) is 12.5 Å². The van der Waals surface area contributed by atoms with E-state index >= 15 is 0 Å². The van der Waals surface area contributed by atoms with Crippen molar-refractivity contribution in [2.75, 3.05) is 20.1 Å². The van der Waals surface area contributed by atoms with Crippen LogP contribution < -0.4 is 5.32 Å². The quantitative estimate of drug-likeness (QED) is 0.906. The van der Waals surface area contributed by atoms with Gasteiger partial charge in [-0.05, 0) is 41.0 Å². The fraction of sp³-hybridized carbons (Fsp3) is 0.417. The molecule has 1 aromatic carbocycles. The Kier molecular flexibility index (Phi) is 3.79. The zero-order valence-electron chi connectivity index (χ0n) is 9.54. The van der Waals surface area contributed by atoms with Gasteiger partial charge in [0.25, 0.3) is 5.91 Å². The normalized spacial score (nSPS) is 19.4. The number of hydrogen-bond acceptors (Lipinski definition) is 2. The molecule has 0 aliphatic carbocycles. The molecule has 17 heavy (non-hydrogen) atoms. The number of benzene rings is 1. The second-order valence-corrected chi connectivity index (χ2v) is 4.96. The monoisotopic (exact) mass is 300 g/mol. The largest absolute Gasteiger partial charge is 0.337 e. The van der Waals surface area contributed by atoms with Crippen LogP contribution in [-0.2, 0) is 0 Å². The number of likely N-dealkylation sites (N-methyl/N-ethyl adjacent to an activating group) is 1. The van der Waals surface area contributed by atoms with Crippen LogP contribution in [-0.4, -0.2) is 37.0 Å². The summed E-state index contributed by atoms with van der Waals surface area (Å²) in [5, 5.41) is 3.21. The van der Waals surface area contributed by atoms with Crippen molar-refractivity contribution in [3.63, 3.8) is 0 Å². The zero-order chi connectivity index (χ0) is 12.4. The lowest BCUT2D eigenvalue weighted by molar-refractivity contribution is 0.0742. The summed E-state index contributed by atoms with van der Waals surface area (Å²) in [5.41, 5.74) is 0.374. The third-order valence-electron chi connectivity index (χ3n) is 3.08. The standard InChI is InChI=1S/C12H14BrFN2O/c1-16(8-5-6-15-7-8)12(17)9-3-2-4-10(14)11(9)13/h2-4,8,15H,5-7H2,1H3. The number of nitrogens with zero attached hydrogens (tertiary/aromatic N) is 1. The number of amides is 1. The molecule has 1 fully saturated rings. The molecule has 0 aromatic heterocycles. The summed E-state index contributed by atoms with van der Waals surface area (Å²) in [6.07, 6.45) is 0.940. The highest BCUT2D eigenvalue weighted by molar-refractivity contribution is 9.10. The Balaban J connectivity index is 2.21. The van der Waals surface area contributed by atoms with E-state index < -0.39 is 5.82 Å². The number of hydrogen-bond donors (Lipinski definition) is 1. The Hall–Kier alpha value is -0.940. The third kappa shape index (κ3) is 2.50. The van der Waals surface area contributed by atoms with E-state index in [-0.39, 0.29) is 16.4 Å². The number of carbonyl (C=O) groups is 1. The van der Waals surface area contributed by atoms with Crippen LogP contribution in [0.15, 0.2) is 22.7 Å². The van der Waals surface area contributed by atoms with E-state index in [1.54, 1.807) is 24.1 Å². The Labute approximate surface area is 108 Å². The molecule has 1 amide bonds. The van der Waals surface area contributed by atoms with E-state index in [0.717, 1.165) is 19.5 Å². The van der Waals surface area contributed by atoms with Gasteiger partial charge in [-0.25, -0.2) is 4.39 Å². The van der Waals surface area contributed by atoms with Gasteiger partial charge in [-0.3, -0.25) is 4.79 Å². The molecule has 3 nitrogen and oxygen atoms in total. The van der Waals surface area contributed by atoms with Crippen LogP contribution >= 0.6 is 15.9 Å². The molecule has 0 bridgehead atoms. The van der Waals surface area contributed by atoms with Crippen molar-refractivity contribution in [1.82, 2.24) is 10.2 Å². The molecule has 5 heteroatoms. The molecule has 1 heterocycles. The van der Waals surface area contributed by atoms with Crippen LogP contribution in [0, 0.1) is 5.82 Å². The summed E-state index contributed by atoms with van der Waals surface area (Å²) >= 11 is 3.12. The van der Waals surface area contributed by atoms with Gasteiger partial charge in [0.1, 0.15) is 5.82 Å². The predicted octanol–water partition coefficient (Wildman–Crippen LogP) is 2.02. The molecular weight excluding hydrogens is 287 g/mol. The van der Waals surface area contributed by atoms with Gasteiger partial charge in [0.2, 0.25) is 0 Å². The highest BCUT2D eigenvalue weighted by Gasteiger charge is 2.25. The summed E-state index contributed by atoms with van der Waals surface area (Å²) in [7, 11) is 1.76. The first-order chi connectivity index (χ1) is 8.11. The lowest BCUT2D eigenvalue weighted by Crippen LogP contribution is -2.38. The Bertz CT molecular complexity index is 433. The van der Waals surface area contributed by atoms with E-state index in [1.165, 1.54) is 6.07 Å². The van der Waals surface area contributed by atoms with Gasteiger partial charge in [-0.15, -0.1) is 0 Å². The van der Waals surface area contributed by atoms with E-state index in [1.807, 2.05) is 0 Å². The van der Waals surface area contributed by atoms with E-state index in [0.29, 0.717) is 5.56 Å². The fourth-order valence-corrected chi connectivity index (χ4v) is 2.43. The van der Waals surface area contributed by atoms with Gasteiger partial charge in [0.05, 0.1) is 10.0 Å². The first-order valence-electron chi connectivity index (χ1n) is 5.53. The molecule has 1 saturated heterocycles. The molecule has 0 radical (unpaired) electrons. The number of halogens is 2. The SMILES string of the molecule is CN(C(=O)c1cccc(F)c1Br)C1CCNC1. The highest BCUT2D eigenvalue weighted by Crippen LogP contribution is 2.22. The molecule has 1 aliphatic heterocycles. The second kappa shape index (κ2) is 5.14. The summed E-state index contributed by atoms with van der Waals surface area (Å²) in [5.74, 6) is -0.557. The number of nitrogens with one attached hydrogen (secondary N) is 1. The second-order valence-electron chi connectivity index (χ2n) is 4.16. The van der Waals surface area contributed by atoms with Crippen molar-refractivity contribution in [1.29, 1.82) is 0 Å². The van der Waals surface area contributed by atoms with Gasteiger partial charge in [0, 0.05) is 19.6 Å². The maximum Gasteiger partial charge on any atom is 0.255 e. The van der Waals surface area contributed by atoms with Gasteiger partial charge in [-0.2, -0.15) is 0 Å². The first-order valence-corrected chi connectivity index (χ1v) is 6.32. The minimum Gasteiger partial charge on any atom is -0.337 e. The summed E-state index contributed by atoms with van der Waals surface area (Å²) in [6.45, 7) is 1.72. The van der Waals surface area contributed by atoms with Gasteiger partial charge in [-0.1, -0.05) is 6.07 Å². The first kappa shape index (κ1) is 12.5. The average Bonchev–Trinajstić information content (AvgIpc) is 2.84.